The van der Waals surface area contributed by atoms with Gasteiger partial charge in [-0.3, -0.25) is 0 Å². The normalized spacial score (nSPS) is 9.58. The maximum atomic E-state index is 5.79. The van der Waals surface area contributed by atoms with Gasteiger partial charge in [0.1, 0.15) is 5.75 Å². The first kappa shape index (κ1) is 9.45. The molecule has 0 saturated carbocycles. The van der Waals surface area contributed by atoms with Gasteiger partial charge in [0.25, 0.3) is 0 Å². The van der Waals surface area contributed by atoms with Crippen LogP contribution < -0.4 is 15.1 Å². The average Bonchev–Trinajstić information content (AvgIpc) is 2.09. The summed E-state index contributed by atoms with van der Waals surface area (Å²) in [4.78, 5) is 2.28. The van der Waals surface area contributed by atoms with Crippen LogP contribution in [0.15, 0.2) is 18.2 Å². The number of hydrazine groups is 1. The van der Waals surface area contributed by atoms with Gasteiger partial charge < -0.3 is 10.2 Å². The second kappa shape index (κ2) is 4.40. The van der Waals surface area contributed by atoms with Gasteiger partial charge in [0.2, 0.25) is 0 Å². The molecule has 0 unspecified atom stereocenters. The van der Waals surface area contributed by atoms with Crippen molar-refractivity contribution in [3.05, 3.63) is 23.2 Å². The second-order valence-corrected chi connectivity index (χ2v) is 2.66. The molecule has 0 aliphatic heterocycles. The van der Waals surface area contributed by atoms with Gasteiger partial charge in [-0.2, -0.15) is 0 Å². The minimum Gasteiger partial charge on any atom is -0.495 e. The highest BCUT2D eigenvalue weighted by Gasteiger charge is 2.00. The molecule has 0 amide bonds. The van der Waals surface area contributed by atoms with Crippen molar-refractivity contribution in [3.8, 4) is 5.75 Å². The Kier molecular flexibility index (Phi) is 3.47. The summed E-state index contributed by atoms with van der Waals surface area (Å²) in [6, 6.07) is 5.23. The van der Waals surface area contributed by atoms with Crippen LogP contribution in [0.25, 0.3) is 0 Å². The molecule has 0 aromatic heterocycles. The maximum Gasteiger partial charge on any atom is 0.139 e. The van der Waals surface area contributed by atoms with E-state index in [9.17, 15) is 0 Å². The smallest absolute Gasteiger partial charge is 0.139 e. The summed E-state index contributed by atoms with van der Waals surface area (Å²) in [6.07, 6.45) is 0. The summed E-state index contributed by atoms with van der Waals surface area (Å²) in [5.41, 5.74) is 3.47. The second-order valence-electron chi connectivity index (χ2n) is 2.07. The number of hydrogen-bond acceptors (Lipinski definition) is 3. The molecule has 0 spiro atoms. The molecule has 1 aromatic carbocycles. The predicted molar refractivity (Wildman–Crippen MR) is 50.6 cm³/mol. The molecule has 12 heavy (non-hydrogen) atoms. The SMILES string of the molecule is COc1cc(NNCl)ccc1Cl. The number of nitrogens with one attached hydrogen (secondary N) is 2. The van der Waals surface area contributed by atoms with Crippen molar-refractivity contribution in [1.82, 2.24) is 4.94 Å². The van der Waals surface area contributed by atoms with E-state index in [0.29, 0.717) is 10.8 Å². The van der Waals surface area contributed by atoms with Crippen molar-refractivity contribution in [1.29, 1.82) is 0 Å². The Balaban J connectivity index is 2.89. The van der Waals surface area contributed by atoms with Crippen LogP contribution in [0.5, 0.6) is 5.75 Å². The van der Waals surface area contributed by atoms with Gasteiger partial charge in [0.05, 0.1) is 17.8 Å². The van der Waals surface area contributed by atoms with Gasteiger partial charge in [-0.15, -0.1) is 4.94 Å². The van der Waals surface area contributed by atoms with Crippen LogP contribution in [0.1, 0.15) is 0 Å². The van der Waals surface area contributed by atoms with Gasteiger partial charge in [0, 0.05) is 6.07 Å². The molecule has 0 aliphatic carbocycles. The lowest BCUT2D eigenvalue weighted by Gasteiger charge is -2.06. The van der Waals surface area contributed by atoms with Crippen LogP contribution in [0.4, 0.5) is 5.69 Å². The third-order valence-electron chi connectivity index (χ3n) is 1.34. The summed E-state index contributed by atoms with van der Waals surface area (Å²) >= 11 is 11.0. The largest absolute Gasteiger partial charge is 0.495 e. The van der Waals surface area contributed by atoms with E-state index in [1.54, 1.807) is 25.3 Å². The monoisotopic (exact) mass is 206 g/mol. The Labute approximate surface area is 80.7 Å². The van der Waals surface area contributed by atoms with Gasteiger partial charge in [-0.05, 0) is 23.9 Å². The number of methoxy groups -OCH3 is 1. The topological polar surface area (TPSA) is 33.3 Å². The fraction of sp³-hybridized carbons (Fsp3) is 0.143. The van der Waals surface area contributed by atoms with E-state index in [1.807, 2.05) is 0 Å². The Bertz CT molecular complexity index is 268. The lowest BCUT2D eigenvalue weighted by Crippen LogP contribution is -2.08. The maximum absolute atomic E-state index is 5.79. The van der Waals surface area contributed by atoms with Crippen LogP contribution in [-0.4, -0.2) is 7.11 Å². The molecule has 0 atom stereocenters. The van der Waals surface area contributed by atoms with Crippen molar-refractivity contribution in [2.24, 2.45) is 0 Å². The lowest BCUT2D eigenvalue weighted by atomic mass is 10.3. The molecule has 0 saturated heterocycles. The molecule has 0 fully saturated rings. The summed E-state index contributed by atoms with van der Waals surface area (Å²) in [5.74, 6) is 0.605. The number of halogens is 2. The van der Waals surface area contributed by atoms with E-state index < -0.39 is 0 Å². The zero-order chi connectivity index (χ0) is 8.97. The Morgan fingerprint density at radius 2 is 2.17 bits per heavy atom. The van der Waals surface area contributed by atoms with E-state index in [2.05, 4.69) is 10.4 Å². The third kappa shape index (κ3) is 2.17. The van der Waals surface area contributed by atoms with Gasteiger partial charge in [-0.1, -0.05) is 11.6 Å². The van der Waals surface area contributed by atoms with Crippen molar-refractivity contribution >= 4 is 29.1 Å². The summed E-state index contributed by atoms with van der Waals surface area (Å²) in [5, 5.41) is 0.567. The zero-order valence-electron chi connectivity index (χ0n) is 6.40. The first-order valence-corrected chi connectivity index (χ1v) is 3.98. The van der Waals surface area contributed by atoms with Gasteiger partial charge in [-0.25, -0.2) is 0 Å². The minimum atomic E-state index is 0.567. The average molecular weight is 207 g/mol. The predicted octanol–water partition coefficient (Wildman–Crippen LogP) is 2.42. The summed E-state index contributed by atoms with van der Waals surface area (Å²) in [7, 11) is 1.55. The number of hydrogen-bond donors (Lipinski definition) is 2. The van der Waals surface area contributed by atoms with Crippen molar-refractivity contribution < 1.29 is 4.74 Å². The quantitative estimate of drug-likeness (QED) is 0.589. The van der Waals surface area contributed by atoms with Gasteiger partial charge >= 0.3 is 0 Å². The number of anilines is 1. The zero-order valence-corrected chi connectivity index (χ0v) is 7.91. The number of benzene rings is 1. The van der Waals surface area contributed by atoms with Crippen LogP contribution in [0.3, 0.4) is 0 Å². The van der Waals surface area contributed by atoms with Crippen LogP contribution in [-0.2, 0) is 0 Å². The molecular weight excluding hydrogens is 199 g/mol. The standard InChI is InChI=1S/C7H8Cl2N2O/c1-12-7-4-5(10-11-9)2-3-6(7)8/h2-4,10-11H,1H3. The molecule has 1 aromatic rings. The molecule has 1 rings (SSSR count). The Morgan fingerprint density at radius 1 is 1.42 bits per heavy atom. The van der Waals surface area contributed by atoms with Crippen LogP contribution in [0.2, 0.25) is 5.02 Å². The number of ether oxygens (including phenoxy) is 1. The molecular formula is C7H8Cl2N2O. The summed E-state index contributed by atoms with van der Waals surface area (Å²) in [6.45, 7) is 0. The lowest BCUT2D eigenvalue weighted by molar-refractivity contribution is 0.415. The summed E-state index contributed by atoms with van der Waals surface area (Å²) < 4.78 is 4.99. The van der Waals surface area contributed by atoms with E-state index in [-0.39, 0.29) is 0 Å². The van der Waals surface area contributed by atoms with Crippen LogP contribution >= 0.6 is 23.4 Å². The Morgan fingerprint density at radius 3 is 2.75 bits per heavy atom. The molecule has 5 heteroatoms. The van der Waals surface area contributed by atoms with Crippen molar-refractivity contribution in [2.75, 3.05) is 12.5 Å². The van der Waals surface area contributed by atoms with E-state index in [1.165, 1.54) is 0 Å². The Hall–Kier alpha value is -0.640. The van der Waals surface area contributed by atoms with E-state index >= 15 is 0 Å². The number of rotatable bonds is 3. The molecule has 0 aliphatic rings. The molecule has 3 nitrogen and oxygen atoms in total. The fourth-order valence-corrected chi connectivity index (χ4v) is 1.10. The van der Waals surface area contributed by atoms with E-state index in [4.69, 9.17) is 28.1 Å². The molecule has 2 N–H and O–H groups in total. The van der Waals surface area contributed by atoms with E-state index in [0.717, 1.165) is 5.69 Å². The first-order valence-electron chi connectivity index (χ1n) is 3.23. The molecule has 0 bridgehead atoms. The molecule has 66 valence electrons. The molecule has 0 radical (unpaired) electrons. The first-order chi connectivity index (χ1) is 5.77. The van der Waals surface area contributed by atoms with Gasteiger partial charge in [0.15, 0.2) is 0 Å². The highest BCUT2D eigenvalue weighted by atomic mass is 35.5. The van der Waals surface area contributed by atoms with Crippen molar-refractivity contribution in [3.63, 3.8) is 0 Å². The minimum absolute atomic E-state index is 0.567. The van der Waals surface area contributed by atoms with Crippen molar-refractivity contribution in [2.45, 2.75) is 0 Å². The molecule has 0 heterocycles. The highest BCUT2D eigenvalue weighted by molar-refractivity contribution is 6.32. The fourth-order valence-electron chi connectivity index (χ4n) is 0.792. The van der Waals surface area contributed by atoms with Crippen LogP contribution in [0, 0.1) is 0 Å². The third-order valence-corrected chi connectivity index (χ3v) is 1.75. The highest BCUT2D eigenvalue weighted by Crippen LogP contribution is 2.26.